The van der Waals surface area contributed by atoms with E-state index < -0.39 is 0 Å². The number of ether oxygens (including phenoxy) is 1. The first-order chi connectivity index (χ1) is 12.6. The van der Waals surface area contributed by atoms with Crippen molar-refractivity contribution in [2.45, 2.75) is 12.8 Å². The number of H-pyrrole nitrogens is 1. The number of hydrogen-bond donors (Lipinski definition) is 3. The van der Waals surface area contributed by atoms with Crippen LogP contribution in [-0.2, 0) is 22.4 Å². The molecule has 26 heavy (non-hydrogen) atoms. The second-order valence-electron chi connectivity index (χ2n) is 5.77. The molecule has 0 radical (unpaired) electrons. The average Bonchev–Trinajstić information content (AvgIpc) is 3.03. The van der Waals surface area contributed by atoms with E-state index >= 15 is 0 Å². The molecule has 2 amide bonds. The normalized spacial score (nSPS) is 10.5. The Morgan fingerprint density at radius 1 is 1.04 bits per heavy atom. The van der Waals surface area contributed by atoms with Crippen molar-refractivity contribution in [1.82, 2.24) is 15.8 Å². The molecule has 0 aliphatic rings. The van der Waals surface area contributed by atoms with Gasteiger partial charge in [0.05, 0.1) is 20.0 Å². The van der Waals surface area contributed by atoms with Gasteiger partial charge in [0, 0.05) is 27.7 Å². The summed E-state index contributed by atoms with van der Waals surface area (Å²) in [6, 6.07) is 12.8. The molecule has 3 rings (SSSR count). The molecule has 2 aromatic carbocycles. The van der Waals surface area contributed by atoms with E-state index in [0.29, 0.717) is 16.3 Å². The number of carbonyl (C=O) groups excluding carboxylic acids is 2. The summed E-state index contributed by atoms with van der Waals surface area (Å²) in [7, 11) is 1.52. The standard InChI is InChI=1S/C19H18ClN3O3/c1-26-17-7-6-14(20)8-12(17)9-18(24)22-23-19(25)10-13-11-21-16-5-3-2-4-15(13)16/h2-8,11,21H,9-10H2,1H3,(H,22,24)(H,23,25). The van der Waals surface area contributed by atoms with E-state index in [9.17, 15) is 9.59 Å². The molecule has 1 heterocycles. The zero-order chi connectivity index (χ0) is 18.5. The van der Waals surface area contributed by atoms with E-state index in [2.05, 4.69) is 15.8 Å². The van der Waals surface area contributed by atoms with Crippen LogP contribution in [0, 0.1) is 0 Å². The SMILES string of the molecule is COc1ccc(Cl)cc1CC(=O)NNC(=O)Cc1c[nH]c2ccccc12. The van der Waals surface area contributed by atoms with Gasteiger partial charge in [-0.2, -0.15) is 0 Å². The molecule has 0 aliphatic carbocycles. The predicted octanol–water partition coefficient (Wildman–Crippen LogP) is 2.76. The summed E-state index contributed by atoms with van der Waals surface area (Å²) in [5.74, 6) is -0.103. The maximum absolute atomic E-state index is 12.1. The summed E-state index contributed by atoms with van der Waals surface area (Å²) in [4.78, 5) is 27.3. The molecular formula is C19H18ClN3O3. The monoisotopic (exact) mass is 371 g/mol. The Balaban J connectivity index is 1.56. The van der Waals surface area contributed by atoms with Crippen LogP contribution < -0.4 is 15.6 Å². The van der Waals surface area contributed by atoms with Gasteiger partial charge >= 0.3 is 0 Å². The summed E-state index contributed by atoms with van der Waals surface area (Å²) in [6.07, 6.45) is 1.99. The maximum Gasteiger partial charge on any atom is 0.242 e. The number of carbonyl (C=O) groups is 2. The molecule has 1 aromatic heterocycles. The van der Waals surface area contributed by atoms with Gasteiger partial charge in [0.15, 0.2) is 0 Å². The van der Waals surface area contributed by atoms with Crippen molar-refractivity contribution in [3.8, 4) is 5.75 Å². The topological polar surface area (TPSA) is 83.2 Å². The van der Waals surface area contributed by atoms with E-state index in [0.717, 1.165) is 16.5 Å². The predicted molar refractivity (Wildman–Crippen MR) is 100.0 cm³/mol. The van der Waals surface area contributed by atoms with Crippen molar-refractivity contribution in [3.63, 3.8) is 0 Å². The Morgan fingerprint density at radius 2 is 1.73 bits per heavy atom. The third-order valence-corrected chi connectivity index (χ3v) is 4.20. The summed E-state index contributed by atoms with van der Waals surface area (Å²) in [5.41, 5.74) is 7.32. The Labute approximate surface area is 155 Å². The molecule has 134 valence electrons. The number of amides is 2. The number of halogens is 1. The van der Waals surface area contributed by atoms with Gasteiger partial charge in [0.2, 0.25) is 11.8 Å². The van der Waals surface area contributed by atoms with Gasteiger partial charge in [0.1, 0.15) is 5.75 Å². The van der Waals surface area contributed by atoms with Gasteiger partial charge in [0.25, 0.3) is 0 Å². The number of hydrogen-bond acceptors (Lipinski definition) is 3. The number of nitrogens with one attached hydrogen (secondary N) is 3. The summed E-state index contributed by atoms with van der Waals surface area (Å²) < 4.78 is 5.21. The molecule has 6 nitrogen and oxygen atoms in total. The molecule has 0 bridgehead atoms. The minimum absolute atomic E-state index is 0.0388. The van der Waals surface area contributed by atoms with Crippen LogP contribution >= 0.6 is 11.6 Å². The highest BCUT2D eigenvalue weighted by Gasteiger charge is 2.12. The molecule has 0 unspecified atom stereocenters. The third-order valence-electron chi connectivity index (χ3n) is 3.96. The molecule has 3 N–H and O–H groups in total. The minimum atomic E-state index is -0.363. The Hall–Kier alpha value is -2.99. The van der Waals surface area contributed by atoms with Crippen molar-refractivity contribution in [2.24, 2.45) is 0 Å². The highest BCUT2D eigenvalue weighted by atomic mass is 35.5. The fourth-order valence-electron chi connectivity index (χ4n) is 2.74. The minimum Gasteiger partial charge on any atom is -0.496 e. The molecule has 0 fully saturated rings. The summed E-state index contributed by atoms with van der Waals surface area (Å²) in [6.45, 7) is 0. The van der Waals surface area contributed by atoms with Crippen molar-refractivity contribution < 1.29 is 14.3 Å². The van der Waals surface area contributed by atoms with Crippen LogP contribution in [0.25, 0.3) is 10.9 Å². The van der Waals surface area contributed by atoms with E-state index in [1.807, 2.05) is 24.3 Å². The third kappa shape index (κ3) is 4.15. The highest BCUT2D eigenvalue weighted by Crippen LogP contribution is 2.23. The summed E-state index contributed by atoms with van der Waals surface area (Å²) in [5, 5.41) is 1.50. The van der Waals surface area contributed by atoms with Crippen molar-refractivity contribution in [2.75, 3.05) is 7.11 Å². The van der Waals surface area contributed by atoms with Crippen molar-refractivity contribution in [3.05, 3.63) is 64.8 Å². The second-order valence-corrected chi connectivity index (χ2v) is 6.20. The van der Waals surface area contributed by atoms with Crippen LogP contribution in [0.5, 0.6) is 5.75 Å². The van der Waals surface area contributed by atoms with Crippen LogP contribution in [0.4, 0.5) is 0 Å². The number of benzene rings is 2. The fourth-order valence-corrected chi connectivity index (χ4v) is 2.93. The second kappa shape index (κ2) is 7.93. The first kappa shape index (κ1) is 17.8. The smallest absolute Gasteiger partial charge is 0.242 e. The molecule has 0 saturated heterocycles. The van der Waals surface area contributed by atoms with E-state index in [-0.39, 0.29) is 24.7 Å². The zero-order valence-electron chi connectivity index (χ0n) is 14.1. The van der Waals surface area contributed by atoms with Crippen LogP contribution in [0.15, 0.2) is 48.7 Å². The molecule has 3 aromatic rings. The number of fused-ring (bicyclic) bond motifs is 1. The maximum atomic E-state index is 12.1. The largest absolute Gasteiger partial charge is 0.496 e. The Morgan fingerprint density at radius 3 is 2.46 bits per heavy atom. The van der Waals surface area contributed by atoms with Gasteiger partial charge < -0.3 is 9.72 Å². The summed E-state index contributed by atoms with van der Waals surface area (Å²) >= 11 is 5.95. The fraction of sp³-hybridized carbons (Fsp3) is 0.158. The van der Waals surface area contributed by atoms with Crippen molar-refractivity contribution >= 4 is 34.3 Å². The van der Waals surface area contributed by atoms with Gasteiger partial charge in [-0.15, -0.1) is 0 Å². The van der Waals surface area contributed by atoms with Crippen LogP contribution in [0.3, 0.4) is 0 Å². The number of para-hydroxylation sites is 1. The molecule has 0 aliphatic heterocycles. The molecule has 0 saturated carbocycles. The van der Waals surface area contributed by atoms with Gasteiger partial charge in [-0.25, -0.2) is 0 Å². The molecule has 0 atom stereocenters. The number of methoxy groups -OCH3 is 1. The van der Waals surface area contributed by atoms with E-state index in [1.54, 1.807) is 24.4 Å². The quantitative estimate of drug-likeness (QED) is 0.603. The lowest BCUT2D eigenvalue weighted by molar-refractivity contribution is -0.128. The van der Waals surface area contributed by atoms with Crippen molar-refractivity contribution in [1.29, 1.82) is 0 Å². The van der Waals surface area contributed by atoms with E-state index in [1.165, 1.54) is 7.11 Å². The Kier molecular flexibility index (Phi) is 5.43. The van der Waals surface area contributed by atoms with Gasteiger partial charge in [-0.05, 0) is 29.8 Å². The van der Waals surface area contributed by atoms with Gasteiger partial charge in [-0.1, -0.05) is 29.8 Å². The number of hydrazine groups is 1. The first-order valence-electron chi connectivity index (χ1n) is 8.02. The first-order valence-corrected chi connectivity index (χ1v) is 8.39. The number of aromatic nitrogens is 1. The highest BCUT2D eigenvalue weighted by molar-refractivity contribution is 6.30. The molecule has 0 spiro atoms. The van der Waals surface area contributed by atoms with Crippen LogP contribution in [0.1, 0.15) is 11.1 Å². The van der Waals surface area contributed by atoms with Crippen LogP contribution in [-0.4, -0.2) is 23.9 Å². The lowest BCUT2D eigenvalue weighted by atomic mass is 10.1. The lowest BCUT2D eigenvalue weighted by Gasteiger charge is -2.10. The number of aromatic amines is 1. The molecular weight excluding hydrogens is 354 g/mol. The Bertz CT molecular complexity index is 952. The van der Waals surface area contributed by atoms with Gasteiger partial charge in [-0.3, -0.25) is 20.4 Å². The average molecular weight is 372 g/mol. The lowest BCUT2D eigenvalue weighted by Crippen LogP contribution is -2.43. The molecule has 7 heteroatoms. The van der Waals surface area contributed by atoms with E-state index in [4.69, 9.17) is 16.3 Å². The number of rotatable bonds is 5. The van der Waals surface area contributed by atoms with Crippen LogP contribution in [0.2, 0.25) is 5.02 Å². The zero-order valence-corrected chi connectivity index (χ0v) is 14.9.